The maximum Gasteiger partial charge on any atom is 0.591 e. The van der Waals surface area contributed by atoms with E-state index in [4.69, 9.17) is 4.57 Å². The molecule has 0 rings (SSSR count). The van der Waals surface area contributed by atoms with Gasteiger partial charge in [-0.1, -0.05) is 0 Å². The molecule has 0 aromatic rings. The summed E-state index contributed by atoms with van der Waals surface area (Å²) in [6, 6.07) is 0. The number of halogens is 20. The summed E-state index contributed by atoms with van der Waals surface area (Å²) in [6.07, 6.45) is -24.9. The van der Waals surface area contributed by atoms with Crippen molar-refractivity contribution in [3.63, 3.8) is 0 Å². The molecule has 0 heterocycles. The van der Waals surface area contributed by atoms with Gasteiger partial charge in [0.05, 0.1) is 0 Å². The molecule has 180 valence electrons. The van der Waals surface area contributed by atoms with Gasteiger partial charge in [-0.3, -0.25) is 0 Å². The number of rotatable bonds is 3. The van der Waals surface area contributed by atoms with Crippen molar-refractivity contribution in [2.75, 3.05) is 0 Å². The Bertz CT molecular complexity index is 549. The maximum atomic E-state index is 13.4. The molecule has 0 spiro atoms. The molecule has 0 bridgehead atoms. The quantitative estimate of drug-likeness (QED) is 0.264. The van der Waals surface area contributed by atoms with Crippen molar-refractivity contribution in [1.82, 2.24) is 0 Å². The van der Waals surface area contributed by atoms with Gasteiger partial charge in [-0.15, -0.1) is 12.6 Å². The Hall–Kier alpha value is -0.740. The normalized spacial score (nSPS) is 17.2. The molecular formula is C6F20OP2. The first kappa shape index (κ1) is 30.5. The second-order valence-corrected chi connectivity index (χ2v) is 8.72. The van der Waals surface area contributed by atoms with Crippen molar-refractivity contribution in [3.05, 3.63) is 0 Å². The maximum absolute atomic E-state index is 13.4. The van der Waals surface area contributed by atoms with Crippen LogP contribution in [0.1, 0.15) is 0 Å². The van der Waals surface area contributed by atoms with E-state index in [9.17, 15) is 86.8 Å². The molecule has 0 radical (unpaired) electrons. The van der Waals surface area contributed by atoms with Crippen LogP contribution in [0.5, 0.6) is 0 Å². The second kappa shape index (κ2) is 7.15. The van der Waals surface area contributed by atoms with Crippen LogP contribution in [0.4, 0.5) is 86.8 Å². The zero-order valence-corrected chi connectivity index (χ0v) is 13.7. The van der Waals surface area contributed by atoms with E-state index in [1.165, 1.54) is 0 Å². The van der Waals surface area contributed by atoms with Crippen LogP contribution in [0.15, 0.2) is 0 Å². The molecule has 29 heavy (non-hydrogen) atoms. The molecule has 0 unspecified atom stereocenters. The summed E-state index contributed by atoms with van der Waals surface area (Å²) in [5, 5.41) is 0. The third kappa shape index (κ3) is 4.49. The second-order valence-electron chi connectivity index (χ2n) is 4.42. The largest absolute Gasteiger partial charge is 0.591 e. The summed E-state index contributed by atoms with van der Waals surface area (Å²) < 4.78 is 247. The summed E-state index contributed by atoms with van der Waals surface area (Å²) in [5.41, 5.74) is -27.1. The fourth-order valence-corrected chi connectivity index (χ4v) is 3.59. The van der Waals surface area contributed by atoms with Gasteiger partial charge in [0.15, 0.2) is 0 Å². The number of alkyl halides is 15. The van der Waals surface area contributed by atoms with Crippen LogP contribution in [-0.4, -0.2) is 35.5 Å². The molecule has 1 nitrogen and oxygen atoms in total. The molecule has 0 atom stereocenters. The van der Waals surface area contributed by atoms with Crippen LogP contribution < -0.4 is 0 Å². The predicted octanol–water partition coefficient (Wildman–Crippen LogP) is 8.78. The van der Waals surface area contributed by atoms with E-state index in [0.29, 0.717) is 0 Å². The smallest absolute Gasteiger partial charge is 0.215 e. The fraction of sp³-hybridized carbons (Fsp3) is 1.00. The average Bonchev–Trinajstić information content (AvgIpc) is 2.31. The molecule has 0 saturated heterocycles. The molecule has 0 saturated carbocycles. The van der Waals surface area contributed by atoms with Gasteiger partial charge in [0, 0.05) is 0 Å². The molecule has 0 aliphatic rings. The van der Waals surface area contributed by atoms with Crippen molar-refractivity contribution in [3.8, 4) is 0 Å². The Morgan fingerprint density at radius 3 is 0.621 bits per heavy atom. The average molecular weight is 530 g/mol. The first-order valence-corrected chi connectivity index (χ1v) is 8.68. The van der Waals surface area contributed by atoms with Crippen molar-refractivity contribution >= 4 is 15.3 Å². The molecule has 0 fully saturated rings. The van der Waals surface area contributed by atoms with Gasteiger partial charge in [-0.25, -0.2) is 4.57 Å². The summed E-state index contributed by atoms with van der Waals surface area (Å²) in [6.45, 7) is 0. The summed E-state index contributed by atoms with van der Waals surface area (Å²) in [4.78, 5) is 0. The molecule has 0 aliphatic carbocycles. The molecule has 0 aliphatic heterocycles. The monoisotopic (exact) mass is 530 g/mol. The molecule has 23 heteroatoms. The Kier molecular flexibility index (Phi) is 7.51. The van der Waals surface area contributed by atoms with Crippen molar-refractivity contribution in [2.45, 2.75) is 35.5 Å². The van der Waals surface area contributed by atoms with E-state index < -0.39 is 50.8 Å². The van der Waals surface area contributed by atoms with Gasteiger partial charge in [-0.2, -0.15) is 0 Å². The van der Waals surface area contributed by atoms with Gasteiger partial charge in [0.1, 0.15) is 0 Å². The zero-order valence-electron chi connectivity index (χ0n) is 11.9. The zero-order chi connectivity index (χ0) is 24.9. The minimum Gasteiger partial charge on any atom is -0.215 e. The van der Waals surface area contributed by atoms with Crippen LogP contribution in [-0.2, 0) is 4.57 Å². The van der Waals surface area contributed by atoms with E-state index in [2.05, 4.69) is 0 Å². The van der Waals surface area contributed by atoms with Crippen LogP contribution >= 0.6 is 15.3 Å². The van der Waals surface area contributed by atoms with Crippen LogP contribution in [0.2, 0.25) is 0 Å². The van der Waals surface area contributed by atoms with Crippen molar-refractivity contribution in [1.29, 1.82) is 0 Å². The van der Waals surface area contributed by atoms with Crippen LogP contribution in [0.3, 0.4) is 0 Å². The van der Waals surface area contributed by atoms with Crippen molar-refractivity contribution < 1.29 is 91.4 Å². The number of hydrogen-bond donors (Lipinski definition) is 0. The van der Waals surface area contributed by atoms with Gasteiger partial charge < -0.3 is 0 Å². The third-order valence-electron chi connectivity index (χ3n) is 2.50. The Morgan fingerprint density at radius 1 is 0.448 bits per heavy atom. The minimum absolute atomic E-state index is 6.14. The molecule has 0 aromatic heterocycles. The summed E-state index contributed by atoms with van der Waals surface area (Å²) in [7, 11) is -18.9. The van der Waals surface area contributed by atoms with E-state index in [1.807, 2.05) is 0 Å². The third-order valence-corrected chi connectivity index (χ3v) is 6.22. The standard InChI is InChI=1S/C6F17P.F3OP/c7-1(8,9)4(16,17)24(22,23,5(18,19)2(10,11)12)6(20,21)3(13,14)15;1-5(2,3)4. The summed E-state index contributed by atoms with van der Waals surface area (Å²) in [5.74, 6) is 0. The first-order valence-electron chi connectivity index (χ1n) is 5.28. The Labute approximate surface area is 143 Å². The SMILES string of the molecule is FC(F)(F)C(F)(F)P(F)(F)(C(F)(F)C(F)(F)F)C(F)(F)C(F)(F)F.O=P(F)(F)F. The molecular weight excluding hydrogens is 530 g/mol. The first-order chi connectivity index (χ1) is 11.8. The molecule has 0 aromatic carbocycles. The fourth-order valence-electron chi connectivity index (χ4n) is 1.20. The van der Waals surface area contributed by atoms with Crippen molar-refractivity contribution in [2.24, 2.45) is 0 Å². The number of hydrogen-bond acceptors (Lipinski definition) is 1. The van der Waals surface area contributed by atoms with Gasteiger partial charge in [0.25, 0.3) is 0 Å². The van der Waals surface area contributed by atoms with Crippen LogP contribution in [0, 0.1) is 0 Å². The van der Waals surface area contributed by atoms with E-state index in [1.54, 1.807) is 0 Å². The van der Waals surface area contributed by atoms with E-state index in [-0.39, 0.29) is 0 Å². The predicted molar refractivity (Wildman–Crippen MR) is 53.1 cm³/mol. The van der Waals surface area contributed by atoms with E-state index in [0.717, 1.165) is 0 Å². The van der Waals surface area contributed by atoms with E-state index >= 15 is 0 Å². The van der Waals surface area contributed by atoms with Gasteiger partial charge >= 0.3 is 125 Å². The Morgan fingerprint density at radius 2 is 0.552 bits per heavy atom. The van der Waals surface area contributed by atoms with Gasteiger partial charge in [0.2, 0.25) is 0 Å². The molecule has 0 N–H and O–H groups in total. The minimum atomic E-state index is -12.7. The van der Waals surface area contributed by atoms with Crippen LogP contribution in [0.25, 0.3) is 0 Å². The topological polar surface area (TPSA) is 17.1 Å². The van der Waals surface area contributed by atoms with Gasteiger partial charge in [-0.05, 0) is 0 Å². The molecule has 0 amide bonds. The summed E-state index contributed by atoms with van der Waals surface area (Å²) >= 11 is 0. The Balaban J connectivity index is 0.